The maximum atomic E-state index is 13.2. The Hall–Kier alpha value is -2.93. The quantitative estimate of drug-likeness (QED) is 0.377. The molecule has 3 rings (SSSR count). The molecule has 9 nitrogen and oxygen atoms in total. The standard InChI is InChI=1S/C21H21NO8S3/c1-14-2-4-15(5-3-14)33(27,28)22(8-10-29-16-6-12-31-18(16)20(23)24)9-11-30-17-7-13-32-19(17)21(25)26/h2-7,12-13H,8-11H2,1H3,(H,23,24)(H,25,26). The van der Waals surface area contributed by atoms with E-state index < -0.39 is 22.0 Å². The smallest absolute Gasteiger partial charge is 0.349 e. The summed E-state index contributed by atoms with van der Waals surface area (Å²) in [6.07, 6.45) is 0. The van der Waals surface area contributed by atoms with Crippen molar-refractivity contribution in [2.45, 2.75) is 11.8 Å². The van der Waals surface area contributed by atoms with Crippen molar-refractivity contribution in [2.24, 2.45) is 0 Å². The molecule has 176 valence electrons. The molecule has 2 aromatic heterocycles. The van der Waals surface area contributed by atoms with E-state index in [0.29, 0.717) is 0 Å². The van der Waals surface area contributed by atoms with Crippen molar-refractivity contribution in [3.63, 3.8) is 0 Å². The fraction of sp³-hybridized carbons (Fsp3) is 0.238. The average molecular weight is 512 g/mol. The van der Waals surface area contributed by atoms with Gasteiger partial charge in [0.1, 0.15) is 24.7 Å². The summed E-state index contributed by atoms with van der Waals surface area (Å²) < 4.78 is 38.6. The maximum absolute atomic E-state index is 13.2. The molecule has 0 aliphatic carbocycles. The molecule has 3 aromatic rings. The molecule has 0 spiro atoms. The summed E-state index contributed by atoms with van der Waals surface area (Å²) in [4.78, 5) is 22.7. The molecular weight excluding hydrogens is 490 g/mol. The SMILES string of the molecule is Cc1ccc(S(=O)(=O)N(CCOc2ccsc2C(=O)O)CCOc2ccsc2C(=O)O)cc1. The Bertz CT molecular complexity index is 1160. The number of nitrogens with zero attached hydrogens (tertiary/aromatic N) is 1. The molecule has 0 unspecified atom stereocenters. The predicted molar refractivity (Wildman–Crippen MR) is 123 cm³/mol. The van der Waals surface area contributed by atoms with Gasteiger partial charge >= 0.3 is 11.9 Å². The first-order chi connectivity index (χ1) is 15.7. The molecular formula is C21H21NO8S3. The zero-order valence-corrected chi connectivity index (χ0v) is 19.9. The molecule has 33 heavy (non-hydrogen) atoms. The topological polar surface area (TPSA) is 130 Å². The Morgan fingerprint density at radius 1 is 0.848 bits per heavy atom. The van der Waals surface area contributed by atoms with E-state index in [9.17, 15) is 28.2 Å². The van der Waals surface area contributed by atoms with E-state index in [1.807, 2.05) is 6.92 Å². The van der Waals surface area contributed by atoms with Crippen LogP contribution in [0.2, 0.25) is 0 Å². The monoisotopic (exact) mass is 511 g/mol. The second kappa shape index (κ2) is 10.8. The van der Waals surface area contributed by atoms with E-state index >= 15 is 0 Å². The fourth-order valence-electron chi connectivity index (χ4n) is 2.86. The van der Waals surface area contributed by atoms with Gasteiger partial charge in [0.25, 0.3) is 0 Å². The Morgan fingerprint density at radius 3 is 1.73 bits per heavy atom. The van der Waals surface area contributed by atoms with Crippen LogP contribution in [-0.2, 0) is 10.0 Å². The minimum Gasteiger partial charge on any atom is -0.490 e. The van der Waals surface area contributed by atoms with Crippen LogP contribution in [0, 0.1) is 6.92 Å². The van der Waals surface area contributed by atoms with Crippen molar-refractivity contribution in [1.82, 2.24) is 4.31 Å². The third-order valence-corrected chi connectivity index (χ3v) is 8.18. The summed E-state index contributed by atoms with van der Waals surface area (Å²) in [6.45, 7) is 1.55. The third kappa shape index (κ3) is 6.11. The minimum absolute atomic E-state index is 0.0323. The van der Waals surface area contributed by atoms with Gasteiger partial charge in [0.05, 0.1) is 4.90 Å². The Labute approximate surface area is 198 Å². The average Bonchev–Trinajstić information content (AvgIpc) is 3.42. The summed E-state index contributed by atoms with van der Waals surface area (Å²) in [5, 5.41) is 21.6. The number of carboxylic acid groups (broad SMARTS) is 2. The Kier molecular flexibility index (Phi) is 8.08. The number of ether oxygens (including phenoxy) is 2. The number of carbonyl (C=O) groups is 2. The molecule has 2 N–H and O–H groups in total. The first-order valence-corrected chi connectivity index (χ1v) is 12.8. The molecule has 0 saturated heterocycles. The van der Waals surface area contributed by atoms with E-state index in [-0.39, 0.29) is 52.5 Å². The van der Waals surface area contributed by atoms with Crippen molar-refractivity contribution in [2.75, 3.05) is 26.3 Å². The van der Waals surface area contributed by atoms with Crippen LogP contribution in [0.4, 0.5) is 0 Å². The number of aromatic carboxylic acids is 2. The summed E-state index contributed by atoms with van der Waals surface area (Å²) in [5.41, 5.74) is 0.907. The van der Waals surface area contributed by atoms with E-state index in [1.54, 1.807) is 22.9 Å². The molecule has 1 aromatic carbocycles. The normalized spacial score (nSPS) is 11.5. The zero-order chi connectivity index (χ0) is 24.0. The largest absolute Gasteiger partial charge is 0.490 e. The lowest BCUT2D eigenvalue weighted by molar-refractivity contribution is 0.0687. The van der Waals surface area contributed by atoms with Crippen molar-refractivity contribution in [3.8, 4) is 11.5 Å². The number of carboxylic acids is 2. The molecule has 0 amide bonds. The summed E-state index contributed by atoms with van der Waals surface area (Å²) >= 11 is 2.03. The van der Waals surface area contributed by atoms with Gasteiger partial charge in [-0.25, -0.2) is 18.0 Å². The zero-order valence-electron chi connectivity index (χ0n) is 17.5. The summed E-state index contributed by atoms with van der Waals surface area (Å²) in [7, 11) is -3.91. The fourth-order valence-corrected chi connectivity index (χ4v) is 5.61. The van der Waals surface area contributed by atoms with Gasteiger partial charge in [-0.3, -0.25) is 0 Å². The number of thiophene rings is 2. The summed E-state index contributed by atoms with van der Waals surface area (Å²) in [6, 6.07) is 9.41. The highest BCUT2D eigenvalue weighted by Gasteiger charge is 2.25. The summed E-state index contributed by atoms with van der Waals surface area (Å²) in [5.74, 6) is -1.91. The van der Waals surface area contributed by atoms with Crippen molar-refractivity contribution < 1.29 is 37.7 Å². The maximum Gasteiger partial charge on any atom is 0.349 e. The number of hydrogen-bond donors (Lipinski definition) is 2. The van der Waals surface area contributed by atoms with Crippen molar-refractivity contribution >= 4 is 44.6 Å². The highest BCUT2D eigenvalue weighted by molar-refractivity contribution is 7.89. The van der Waals surface area contributed by atoms with E-state index in [4.69, 9.17) is 9.47 Å². The molecule has 0 aliphatic rings. The number of benzene rings is 1. The van der Waals surface area contributed by atoms with Crippen LogP contribution in [0.15, 0.2) is 52.1 Å². The molecule has 0 bridgehead atoms. The highest BCUT2D eigenvalue weighted by atomic mass is 32.2. The Balaban J connectivity index is 1.73. The van der Waals surface area contributed by atoms with Crippen LogP contribution >= 0.6 is 22.7 Å². The minimum atomic E-state index is -3.91. The van der Waals surface area contributed by atoms with Crippen LogP contribution in [0.1, 0.15) is 24.9 Å². The molecule has 0 atom stereocenters. The van der Waals surface area contributed by atoms with Gasteiger partial charge in [0.2, 0.25) is 10.0 Å². The first kappa shape index (κ1) is 24.7. The van der Waals surface area contributed by atoms with Gasteiger partial charge in [0, 0.05) is 13.1 Å². The van der Waals surface area contributed by atoms with E-state index in [0.717, 1.165) is 32.5 Å². The molecule has 0 radical (unpaired) electrons. The van der Waals surface area contributed by atoms with Crippen LogP contribution in [-0.4, -0.2) is 61.2 Å². The van der Waals surface area contributed by atoms with E-state index in [2.05, 4.69) is 0 Å². The van der Waals surface area contributed by atoms with Gasteiger partial charge in [0.15, 0.2) is 9.75 Å². The lowest BCUT2D eigenvalue weighted by atomic mass is 10.2. The first-order valence-electron chi connectivity index (χ1n) is 9.64. The molecule has 0 saturated carbocycles. The lowest BCUT2D eigenvalue weighted by Crippen LogP contribution is -2.37. The van der Waals surface area contributed by atoms with Crippen LogP contribution < -0.4 is 9.47 Å². The van der Waals surface area contributed by atoms with Gasteiger partial charge in [-0.1, -0.05) is 17.7 Å². The second-order valence-electron chi connectivity index (χ2n) is 6.75. The predicted octanol–water partition coefficient (Wildman–Crippen LogP) is 3.66. The van der Waals surface area contributed by atoms with Gasteiger partial charge in [-0.15, -0.1) is 22.7 Å². The Morgan fingerprint density at radius 2 is 1.30 bits per heavy atom. The lowest BCUT2D eigenvalue weighted by Gasteiger charge is -2.22. The van der Waals surface area contributed by atoms with Crippen molar-refractivity contribution in [1.29, 1.82) is 0 Å². The van der Waals surface area contributed by atoms with Gasteiger partial charge < -0.3 is 19.7 Å². The van der Waals surface area contributed by atoms with Crippen LogP contribution in [0.3, 0.4) is 0 Å². The molecule has 0 aliphatic heterocycles. The third-order valence-electron chi connectivity index (χ3n) is 4.50. The highest BCUT2D eigenvalue weighted by Crippen LogP contribution is 2.26. The molecule has 12 heteroatoms. The van der Waals surface area contributed by atoms with Crippen LogP contribution in [0.25, 0.3) is 0 Å². The van der Waals surface area contributed by atoms with Gasteiger partial charge in [-0.05, 0) is 41.9 Å². The number of hydrogen-bond acceptors (Lipinski definition) is 8. The second-order valence-corrected chi connectivity index (χ2v) is 10.5. The van der Waals surface area contributed by atoms with Crippen LogP contribution in [0.5, 0.6) is 11.5 Å². The number of sulfonamides is 1. The van der Waals surface area contributed by atoms with Gasteiger partial charge in [-0.2, -0.15) is 4.31 Å². The van der Waals surface area contributed by atoms with E-state index in [1.165, 1.54) is 24.3 Å². The number of aryl methyl sites for hydroxylation is 1. The number of rotatable bonds is 12. The van der Waals surface area contributed by atoms with Crippen molar-refractivity contribution in [3.05, 3.63) is 62.5 Å². The molecule has 0 fully saturated rings. The molecule has 2 heterocycles.